The van der Waals surface area contributed by atoms with Gasteiger partial charge in [-0.25, -0.2) is 0 Å². The topological polar surface area (TPSA) is 71.1 Å². The first-order valence-electron chi connectivity index (χ1n) is 12.9. The van der Waals surface area contributed by atoms with Gasteiger partial charge in [-0.05, 0) is 0 Å². The van der Waals surface area contributed by atoms with Crippen LogP contribution in [0.2, 0.25) is 18.9 Å². The summed E-state index contributed by atoms with van der Waals surface area (Å²) in [7, 11) is 0. The van der Waals surface area contributed by atoms with Crippen LogP contribution >= 0.6 is 0 Å². The predicted molar refractivity (Wildman–Crippen MR) is 118 cm³/mol. The molecule has 0 atom stereocenters. The molecule has 0 radical (unpaired) electrons. The van der Waals surface area contributed by atoms with Crippen molar-refractivity contribution in [1.82, 2.24) is 0 Å². The summed E-state index contributed by atoms with van der Waals surface area (Å²) in [5.74, 6) is 0. The van der Waals surface area contributed by atoms with Crippen LogP contribution in [0.3, 0.4) is 0 Å². The third kappa shape index (κ3) is 5.19. The SMILES string of the molecule is CC1(C)C[O][Ti]2(=[O])([CH2]C(C)(C)[CH2]2)[O]C1.CCC1(CC)C[O][Ti]2(=[O])([CH2]C(CC)(CC)[CH2]2)[O]C1. The zero-order valence-corrected chi connectivity index (χ0v) is 25.1. The van der Waals surface area contributed by atoms with E-state index < -0.39 is 32.1 Å². The average Bonchev–Trinajstić information content (AvgIpc) is 2.69. The molecule has 0 bridgehead atoms. The van der Waals surface area contributed by atoms with Crippen molar-refractivity contribution < 1.29 is 52.0 Å². The molecule has 4 fully saturated rings. The summed E-state index contributed by atoms with van der Waals surface area (Å²) in [6.45, 7) is 19.6. The fourth-order valence-corrected chi connectivity index (χ4v) is 23.8. The molecule has 0 N–H and O–H groups in total. The summed E-state index contributed by atoms with van der Waals surface area (Å²) in [4.78, 5) is 0. The van der Waals surface area contributed by atoms with Crippen LogP contribution in [0, 0.1) is 21.7 Å². The normalized spacial score (nSPS) is 32.8. The van der Waals surface area contributed by atoms with Crippen LogP contribution in [0.15, 0.2) is 0 Å². The van der Waals surface area contributed by atoms with Crippen molar-refractivity contribution in [1.29, 1.82) is 0 Å². The Balaban J connectivity index is 0.000000186. The summed E-state index contributed by atoms with van der Waals surface area (Å²) in [5.41, 5.74) is 0.512. The molecule has 0 aliphatic carbocycles. The van der Waals surface area contributed by atoms with Gasteiger partial charge in [0.05, 0.1) is 0 Å². The fraction of sp³-hybridized carbons (Fsp3) is 1.00. The third-order valence-corrected chi connectivity index (χ3v) is 23.6. The second-order valence-electron chi connectivity index (χ2n) is 13.3. The van der Waals surface area contributed by atoms with Gasteiger partial charge in [0.1, 0.15) is 0 Å². The van der Waals surface area contributed by atoms with Crippen molar-refractivity contribution in [2.24, 2.45) is 21.7 Å². The molecule has 0 amide bonds. The van der Waals surface area contributed by atoms with Crippen LogP contribution < -0.4 is 0 Å². The summed E-state index contributed by atoms with van der Waals surface area (Å²) in [5, 5.41) is 0. The second kappa shape index (κ2) is 8.20. The van der Waals surface area contributed by atoms with Crippen LogP contribution in [0.1, 0.15) is 81.1 Å². The zero-order chi connectivity index (χ0) is 24.2. The molecule has 4 heterocycles. The summed E-state index contributed by atoms with van der Waals surface area (Å²) in [6, 6.07) is 0. The maximum absolute atomic E-state index is 13.2. The van der Waals surface area contributed by atoms with Crippen molar-refractivity contribution >= 4 is 0 Å². The number of hydrogen-bond acceptors (Lipinski definition) is 6. The molecule has 4 aliphatic rings. The van der Waals surface area contributed by atoms with E-state index in [0.29, 0.717) is 45.3 Å². The van der Waals surface area contributed by atoms with Gasteiger partial charge < -0.3 is 0 Å². The fourth-order valence-electron chi connectivity index (χ4n) is 6.52. The Bertz CT molecular complexity index is 795. The minimum absolute atomic E-state index is 0.0225. The maximum atomic E-state index is 13.2. The molecular formula is C24H48O6Ti2. The summed E-state index contributed by atoms with van der Waals surface area (Å²) in [6.07, 6.45) is 4.26. The van der Waals surface area contributed by atoms with Crippen LogP contribution in [-0.4, -0.2) is 26.4 Å². The van der Waals surface area contributed by atoms with Gasteiger partial charge in [0.15, 0.2) is 0 Å². The van der Waals surface area contributed by atoms with Gasteiger partial charge in [0, 0.05) is 0 Å². The number of hydrogen-bond donors (Lipinski definition) is 0. The summed E-state index contributed by atoms with van der Waals surface area (Å²) >= 11 is -8.25. The van der Waals surface area contributed by atoms with E-state index in [-0.39, 0.29) is 21.7 Å². The Morgan fingerprint density at radius 3 is 1.22 bits per heavy atom. The molecule has 0 saturated carbocycles. The standard InChI is InChI=1S/C7H14O2.C7H14.C5H10O2.C5H10.2O.2Ti/c1-3-7(4-2,5-8)6-9;1-5-7(3,4)6-2;1-5(2,3-6)4-7;1-5(2,3)4;;;;/h3-6H2,1-2H3;3-6H2,1-2H3;3-4H2,1-2H3;1-2H2,3-4H3;;;;/q-2;;-2;;;;2*+2. The third-order valence-electron chi connectivity index (χ3n) is 9.04. The molecule has 2 spiro atoms. The van der Waals surface area contributed by atoms with E-state index >= 15 is 0 Å². The van der Waals surface area contributed by atoms with Crippen molar-refractivity contribution in [3.8, 4) is 0 Å². The van der Waals surface area contributed by atoms with Crippen molar-refractivity contribution in [2.75, 3.05) is 26.4 Å². The first-order valence-corrected chi connectivity index (χ1v) is 21.1. The van der Waals surface area contributed by atoms with Crippen LogP contribution in [-0.2, 0) is 52.0 Å². The van der Waals surface area contributed by atoms with E-state index in [9.17, 15) is 6.65 Å². The van der Waals surface area contributed by atoms with Crippen LogP contribution in [0.25, 0.3) is 0 Å². The van der Waals surface area contributed by atoms with Crippen LogP contribution in [0.5, 0.6) is 0 Å². The molecule has 4 rings (SSSR count). The van der Waals surface area contributed by atoms with Gasteiger partial charge in [-0.2, -0.15) is 0 Å². The Kier molecular flexibility index (Phi) is 7.03. The van der Waals surface area contributed by atoms with E-state index in [4.69, 9.17) is 13.3 Å². The van der Waals surface area contributed by atoms with Crippen molar-refractivity contribution in [3.05, 3.63) is 0 Å². The molecule has 4 saturated heterocycles. The molecule has 188 valence electrons. The van der Waals surface area contributed by atoms with Gasteiger partial charge >= 0.3 is 200 Å². The van der Waals surface area contributed by atoms with Gasteiger partial charge in [-0.3, -0.25) is 0 Å². The monoisotopic (exact) mass is 528 g/mol. The molecule has 32 heavy (non-hydrogen) atoms. The Morgan fingerprint density at radius 2 is 0.875 bits per heavy atom. The van der Waals surface area contributed by atoms with Crippen molar-refractivity contribution in [3.63, 3.8) is 0 Å². The van der Waals surface area contributed by atoms with E-state index in [2.05, 4.69) is 55.4 Å². The Morgan fingerprint density at radius 1 is 0.531 bits per heavy atom. The van der Waals surface area contributed by atoms with Gasteiger partial charge in [-0.15, -0.1) is 0 Å². The summed E-state index contributed by atoms with van der Waals surface area (Å²) < 4.78 is 51.7. The molecule has 0 aromatic rings. The number of rotatable bonds is 4. The zero-order valence-electron chi connectivity index (χ0n) is 21.9. The Hall–Kier alpha value is 0.869. The molecular weight excluding hydrogens is 480 g/mol. The Labute approximate surface area is 199 Å². The molecule has 4 aliphatic heterocycles. The van der Waals surface area contributed by atoms with Crippen molar-refractivity contribution in [2.45, 2.75) is 100.0 Å². The van der Waals surface area contributed by atoms with Gasteiger partial charge in [0.25, 0.3) is 0 Å². The van der Waals surface area contributed by atoms with E-state index in [1.165, 1.54) is 0 Å². The quantitative estimate of drug-likeness (QED) is 0.361. The predicted octanol–water partition coefficient (Wildman–Crippen LogP) is 7.16. The van der Waals surface area contributed by atoms with Crippen LogP contribution in [0.4, 0.5) is 0 Å². The van der Waals surface area contributed by atoms with Gasteiger partial charge in [-0.1, -0.05) is 0 Å². The molecule has 0 aromatic heterocycles. The minimum atomic E-state index is -4.18. The molecule has 6 nitrogen and oxygen atoms in total. The molecule has 0 aromatic carbocycles. The first kappa shape index (κ1) is 27.5. The second-order valence-corrected chi connectivity index (χ2v) is 25.9. The average molecular weight is 528 g/mol. The van der Waals surface area contributed by atoms with E-state index in [1.807, 2.05) is 0 Å². The van der Waals surface area contributed by atoms with E-state index in [0.717, 1.165) is 25.7 Å². The first-order chi connectivity index (χ1) is 14.5. The molecule has 8 heteroatoms. The van der Waals surface area contributed by atoms with E-state index in [1.54, 1.807) is 0 Å². The molecule has 0 unspecified atom stereocenters. The van der Waals surface area contributed by atoms with Gasteiger partial charge in [0.2, 0.25) is 0 Å².